The summed E-state index contributed by atoms with van der Waals surface area (Å²) in [5.41, 5.74) is 0.139. The summed E-state index contributed by atoms with van der Waals surface area (Å²) >= 11 is 5.79. The zero-order valence-corrected chi connectivity index (χ0v) is 10.7. The van der Waals surface area contributed by atoms with E-state index in [1.807, 2.05) is 0 Å². The number of hydrogen-bond acceptors (Lipinski definition) is 3. The Morgan fingerprint density at radius 2 is 2.06 bits per heavy atom. The Kier molecular flexibility index (Phi) is 4.09. The number of benzene rings is 1. The second-order valence-electron chi connectivity index (χ2n) is 4.59. The quantitative estimate of drug-likeness (QED) is 0.770. The number of aromatic hydroxyl groups is 1. The lowest BCUT2D eigenvalue weighted by atomic mass is 9.92. The number of phenolic OH excluding ortho intramolecular Hbond substituents is 1. The summed E-state index contributed by atoms with van der Waals surface area (Å²) in [5, 5.41) is 22.5. The molecule has 0 spiro atoms. The Hall–Kier alpha value is -1.26. The number of nitrogens with one attached hydrogen (secondary N) is 1. The van der Waals surface area contributed by atoms with Crippen molar-refractivity contribution in [1.82, 2.24) is 5.32 Å². The van der Waals surface area contributed by atoms with Crippen molar-refractivity contribution >= 4 is 17.5 Å². The number of carbonyl (C=O) groups is 1. The number of carbonyl (C=O) groups excluding carboxylic acids is 1. The Bertz CT molecular complexity index is 450. The fourth-order valence-electron chi connectivity index (χ4n) is 2.22. The predicted octanol–water partition coefficient (Wildman–Crippen LogP) is 2.08. The molecule has 3 N–H and O–H groups in total. The van der Waals surface area contributed by atoms with E-state index >= 15 is 0 Å². The highest BCUT2D eigenvalue weighted by atomic mass is 35.5. The Balaban J connectivity index is 2.09. The van der Waals surface area contributed by atoms with E-state index in [2.05, 4.69) is 5.32 Å². The molecule has 4 nitrogen and oxygen atoms in total. The first-order valence-corrected chi connectivity index (χ1v) is 6.43. The minimum Gasteiger partial charge on any atom is -0.507 e. The molecule has 1 amide bonds. The summed E-state index contributed by atoms with van der Waals surface area (Å²) in [6.45, 7) is 0. The number of amides is 1. The molecule has 2 atom stereocenters. The second-order valence-corrected chi connectivity index (χ2v) is 5.03. The summed E-state index contributed by atoms with van der Waals surface area (Å²) in [5.74, 6) is -0.511. The van der Waals surface area contributed by atoms with E-state index < -0.39 is 12.0 Å². The summed E-state index contributed by atoms with van der Waals surface area (Å²) in [4.78, 5) is 12.0. The molecule has 0 radical (unpaired) electrons. The van der Waals surface area contributed by atoms with Crippen LogP contribution in [0, 0.1) is 0 Å². The van der Waals surface area contributed by atoms with Gasteiger partial charge in [-0.1, -0.05) is 24.4 Å². The standard InChI is InChI=1S/C13H16ClNO3/c14-8-5-6-11(16)9(7-8)13(18)15-10-3-1-2-4-12(10)17/h5-7,10,12,16-17H,1-4H2,(H,15,18). The molecule has 0 aromatic heterocycles. The van der Waals surface area contributed by atoms with Crippen molar-refractivity contribution in [2.45, 2.75) is 37.8 Å². The van der Waals surface area contributed by atoms with Crippen molar-refractivity contribution in [3.05, 3.63) is 28.8 Å². The van der Waals surface area contributed by atoms with Gasteiger partial charge in [-0.25, -0.2) is 0 Å². The zero-order chi connectivity index (χ0) is 13.1. The smallest absolute Gasteiger partial charge is 0.255 e. The predicted molar refractivity (Wildman–Crippen MR) is 68.8 cm³/mol. The molecule has 0 aliphatic heterocycles. The third kappa shape index (κ3) is 2.94. The first kappa shape index (κ1) is 13.2. The van der Waals surface area contributed by atoms with E-state index in [9.17, 15) is 15.0 Å². The molecule has 0 heterocycles. The average Bonchev–Trinajstić information content (AvgIpc) is 2.35. The highest BCUT2D eigenvalue weighted by molar-refractivity contribution is 6.31. The summed E-state index contributed by atoms with van der Waals surface area (Å²) in [6, 6.07) is 4.07. The summed E-state index contributed by atoms with van der Waals surface area (Å²) in [7, 11) is 0. The Labute approximate surface area is 111 Å². The van der Waals surface area contributed by atoms with Gasteiger partial charge in [0.05, 0.1) is 17.7 Å². The minimum atomic E-state index is -0.510. The van der Waals surface area contributed by atoms with Crippen LogP contribution in [0.2, 0.25) is 5.02 Å². The van der Waals surface area contributed by atoms with E-state index in [4.69, 9.17) is 11.6 Å². The molecular formula is C13H16ClNO3. The number of aliphatic hydroxyl groups excluding tert-OH is 1. The largest absolute Gasteiger partial charge is 0.507 e. The van der Waals surface area contributed by atoms with E-state index in [0.717, 1.165) is 19.3 Å². The van der Waals surface area contributed by atoms with Crippen LogP contribution in [0.3, 0.4) is 0 Å². The maximum atomic E-state index is 12.0. The van der Waals surface area contributed by atoms with E-state index in [0.29, 0.717) is 11.4 Å². The fourth-order valence-corrected chi connectivity index (χ4v) is 2.39. The highest BCUT2D eigenvalue weighted by Crippen LogP contribution is 2.23. The molecule has 98 valence electrons. The van der Waals surface area contributed by atoms with Crippen molar-refractivity contribution in [3.8, 4) is 5.75 Å². The number of hydrogen-bond donors (Lipinski definition) is 3. The van der Waals surface area contributed by atoms with Crippen molar-refractivity contribution in [2.75, 3.05) is 0 Å². The lowest BCUT2D eigenvalue weighted by Gasteiger charge is -2.28. The maximum Gasteiger partial charge on any atom is 0.255 e. The van der Waals surface area contributed by atoms with Gasteiger partial charge < -0.3 is 15.5 Å². The second kappa shape index (κ2) is 5.59. The molecular weight excluding hydrogens is 254 g/mol. The third-order valence-corrected chi connectivity index (χ3v) is 3.48. The molecule has 1 aromatic carbocycles. The average molecular weight is 270 g/mol. The van der Waals surface area contributed by atoms with Gasteiger partial charge in [-0.2, -0.15) is 0 Å². The molecule has 1 saturated carbocycles. The van der Waals surface area contributed by atoms with Crippen LogP contribution in [0.15, 0.2) is 18.2 Å². The molecule has 1 aliphatic rings. The van der Waals surface area contributed by atoms with Crippen LogP contribution < -0.4 is 5.32 Å². The van der Waals surface area contributed by atoms with E-state index in [-0.39, 0.29) is 17.4 Å². The molecule has 1 aromatic rings. The fraction of sp³-hybridized carbons (Fsp3) is 0.462. The molecule has 2 unspecified atom stereocenters. The zero-order valence-electron chi connectivity index (χ0n) is 9.90. The summed E-state index contributed by atoms with van der Waals surface area (Å²) in [6.07, 6.45) is 2.92. The first-order valence-electron chi connectivity index (χ1n) is 6.05. The Morgan fingerprint density at radius 1 is 1.33 bits per heavy atom. The molecule has 2 rings (SSSR count). The molecule has 0 bridgehead atoms. The van der Waals surface area contributed by atoms with Gasteiger partial charge in [0.2, 0.25) is 0 Å². The lowest BCUT2D eigenvalue weighted by Crippen LogP contribution is -2.45. The van der Waals surface area contributed by atoms with Crippen LogP contribution in [0.4, 0.5) is 0 Å². The molecule has 5 heteroatoms. The van der Waals surface area contributed by atoms with Gasteiger partial charge in [-0.05, 0) is 31.0 Å². The van der Waals surface area contributed by atoms with Gasteiger partial charge in [-0.3, -0.25) is 4.79 Å². The van der Waals surface area contributed by atoms with Gasteiger partial charge in [0.25, 0.3) is 5.91 Å². The van der Waals surface area contributed by atoms with Gasteiger partial charge in [-0.15, -0.1) is 0 Å². The van der Waals surface area contributed by atoms with E-state index in [1.54, 1.807) is 0 Å². The third-order valence-electron chi connectivity index (χ3n) is 3.25. The number of halogens is 1. The van der Waals surface area contributed by atoms with Crippen LogP contribution in [-0.4, -0.2) is 28.3 Å². The van der Waals surface area contributed by atoms with Gasteiger partial charge in [0, 0.05) is 5.02 Å². The summed E-state index contributed by atoms with van der Waals surface area (Å²) < 4.78 is 0. The van der Waals surface area contributed by atoms with Gasteiger partial charge in [0.15, 0.2) is 0 Å². The van der Waals surface area contributed by atoms with Gasteiger partial charge in [0.1, 0.15) is 5.75 Å². The van der Waals surface area contributed by atoms with Crippen molar-refractivity contribution in [1.29, 1.82) is 0 Å². The van der Waals surface area contributed by atoms with Gasteiger partial charge >= 0.3 is 0 Å². The number of phenols is 1. The van der Waals surface area contributed by atoms with Crippen molar-refractivity contribution in [2.24, 2.45) is 0 Å². The monoisotopic (exact) mass is 269 g/mol. The topological polar surface area (TPSA) is 69.6 Å². The van der Waals surface area contributed by atoms with Crippen molar-refractivity contribution in [3.63, 3.8) is 0 Å². The maximum absolute atomic E-state index is 12.0. The van der Waals surface area contributed by atoms with Crippen LogP contribution in [0.5, 0.6) is 5.75 Å². The molecule has 0 saturated heterocycles. The Morgan fingerprint density at radius 3 is 2.78 bits per heavy atom. The number of rotatable bonds is 2. The van der Waals surface area contributed by atoms with Crippen molar-refractivity contribution < 1.29 is 15.0 Å². The highest BCUT2D eigenvalue weighted by Gasteiger charge is 2.25. The normalized spacial score (nSPS) is 23.7. The first-order chi connectivity index (χ1) is 8.58. The van der Waals surface area contributed by atoms with Crippen LogP contribution >= 0.6 is 11.6 Å². The van der Waals surface area contributed by atoms with Crippen LogP contribution in [-0.2, 0) is 0 Å². The minimum absolute atomic E-state index is 0.109. The molecule has 1 aliphatic carbocycles. The van der Waals surface area contributed by atoms with Crippen LogP contribution in [0.25, 0.3) is 0 Å². The molecule has 18 heavy (non-hydrogen) atoms. The lowest BCUT2D eigenvalue weighted by molar-refractivity contribution is 0.0715. The number of aliphatic hydroxyl groups is 1. The van der Waals surface area contributed by atoms with Crippen LogP contribution in [0.1, 0.15) is 36.0 Å². The van der Waals surface area contributed by atoms with E-state index in [1.165, 1.54) is 18.2 Å². The molecule has 1 fully saturated rings. The SMILES string of the molecule is O=C(NC1CCCCC1O)c1cc(Cl)ccc1O.